The number of benzene rings is 2. The Labute approximate surface area is 122 Å². The molecule has 102 valence electrons. The van der Waals surface area contributed by atoms with E-state index in [1.165, 1.54) is 22.3 Å². The Kier molecular flexibility index (Phi) is 6.66. The maximum atomic E-state index is 5.82. The lowest BCUT2D eigenvalue weighted by Gasteiger charge is -2.01. The third kappa shape index (κ3) is 5.08. The zero-order chi connectivity index (χ0) is 14.3. The monoisotopic (exact) mass is 274 g/mol. The molecule has 0 aliphatic heterocycles. The molecule has 0 aromatic heterocycles. The first-order valence-electron chi connectivity index (χ1n) is 6.88. The zero-order valence-corrected chi connectivity index (χ0v) is 13.1. The maximum absolute atomic E-state index is 5.82. The van der Waals surface area contributed by atoms with Gasteiger partial charge >= 0.3 is 0 Å². The van der Waals surface area contributed by atoms with Gasteiger partial charge in [-0.05, 0) is 55.0 Å². The second-order valence-electron chi connectivity index (χ2n) is 4.72. The standard InChI is InChI=1S/C10H14.C8H9Cl/c1-4-10-6-5-8(2)9(3)7-10;1-2-7-5-3-4-6-8(7)9/h5-7H,4H2,1-3H3;3-6H,2H2,1H3. The maximum Gasteiger partial charge on any atom is 0.0437 e. The van der Waals surface area contributed by atoms with Crippen molar-refractivity contribution in [1.82, 2.24) is 0 Å². The highest BCUT2D eigenvalue weighted by molar-refractivity contribution is 6.31. The molecular formula is C18H23Cl. The summed E-state index contributed by atoms with van der Waals surface area (Å²) in [5.74, 6) is 0. The van der Waals surface area contributed by atoms with E-state index < -0.39 is 0 Å². The normalized spacial score (nSPS) is 9.74. The number of rotatable bonds is 2. The summed E-state index contributed by atoms with van der Waals surface area (Å²) in [7, 11) is 0. The molecule has 2 aromatic rings. The highest BCUT2D eigenvalue weighted by Crippen LogP contribution is 2.14. The van der Waals surface area contributed by atoms with Crippen LogP contribution in [-0.4, -0.2) is 0 Å². The van der Waals surface area contributed by atoms with E-state index in [9.17, 15) is 0 Å². The minimum Gasteiger partial charge on any atom is -0.0840 e. The fraction of sp³-hybridized carbons (Fsp3) is 0.333. The van der Waals surface area contributed by atoms with Gasteiger partial charge in [-0.2, -0.15) is 0 Å². The summed E-state index contributed by atoms with van der Waals surface area (Å²) >= 11 is 5.82. The summed E-state index contributed by atoms with van der Waals surface area (Å²) in [6.45, 7) is 8.59. The van der Waals surface area contributed by atoms with E-state index >= 15 is 0 Å². The molecular weight excluding hydrogens is 252 g/mol. The average Bonchev–Trinajstić information content (AvgIpc) is 2.43. The Hall–Kier alpha value is -1.27. The van der Waals surface area contributed by atoms with Crippen molar-refractivity contribution >= 4 is 11.6 Å². The van der Waals surface area contributed by atoms with Crippen LogP contribution in [0.1, 0.15) is 36.1 Å². The van der Waals surface area contributed by atoms with E-state index in [0.29, 0.717) is 0 Å². The van der Waals surface area contributed by atoms with Crippen molar-refractivity contribution in [3.05, 3.63) is 69.7 Å². The molecule has 0 aliphatic carbocycles. The third-order valence-corrected chi connectivity index (χ3v) is 3.69. The third-order valence-electron chi connectivity index (χ3n) is 3.32. The molecule has 0 radical (unpaired) electrons. The molecule has 0 saturated carbocycles. The van der Waals surface area contributed by atoms with Crippen LogP contribution in [0.3, 0.4) is 0 Å². The first kappa shape index (κ1) is 15.8. The quantitative estimate of drug-likeness (QED) is 0.652. The minimum atomic E-state index is 0.875. The summed E-state index contributed by atoms with van der Waals surface area (Å²) in [5, 5.41) is 0.875. The lowest BCUT2D eigenvalue weighted by Crippen LogP contribution is -1.84. The topological polar surface area (TPSA) is 0 Å². The van der Waals surface area contributed by atoms with Crippen LogP contribution in [-0.2, 0) is 12.8 Å². The molecule has 0 spiro atoms. The van der Waals surface area contributed by atoms with Gasteiger partial charge in [-0.1, -0.05) is 61.8 Å². The van der Waals surface area contributed by atoms with Gasteiger partial charge in [0.15, 0.2) is 0 Å². The fourth-order valence-electron chi connectivity index (χ4n) is 1.81. The Morgan fingerprint density at radius 3 is 2.00 bits per heavy atom. The van der Waals surface area contributed by atoms with Gasteiger partial charge in [0.1, 0.15) is 0 Å². The van der Waals surface area contributed by atoms with Crippen molar-refractivity contribution in [1.29, 1.82) is 0 Å². The smallest absolute Gasteiger partial charge is 0.0437 e. The van der Waals surface area contributed by atoms with Gasteiger partial charge in [0.05, 0.1) is 0 Å². The van der Waals surface area contributed by atoms with Crippen molar-refractivity contribution in [2.24, 2.45) is 0 Å². The van der Waals surface area contributed by atoms with Gasteiger partial charge < -0.3 is 0 Å². The Bertz CT molecular complexity index is 515. The van der Waals surface area contributed by atoms with E-state index in [2.05, 4.69) is 45.9 Å². The highest BCUT2D eigenvalue weighted by Gasteiger charge is 1.92. The Morgan fingerprint density at radius 1 is 0.842 bits per heavy atom. The molecule has 0 fully saturated rings. The number of aryl methyl sites for hydroxylation is 4. The largest absolute Gasteiger partial charge is 0.0840 e. The lowest BCUT2D eigenvalue weighted by molar-refractivity contribution is 1.12. The molecule has 19 heavy (non-hydrogen) atoms. The van der Waals surface area contributed by atoms with E-state index in [-0.39, 0.29) is 0 Å². The predicted molar refractivity (Wildman–Crippen MR) is 86.1 cm³/mol. The molecule has 0 bridgehead atoms. The molecule has 0 amide bonds. The van der Waals surface area contributed by atoms with Gasteiger partial charge in [0, 0.05) is 5.02 Å². The predicted octanol–water partition coefficient (Wildman–Crippen LogP) is 5.77. The van der Waals surface area contributed by atoms with Crippen molar-refractivity contribution in [2.75, 3.05) is 0 Å². The summed E-state index contributed by atoms with van der Waals surface area (Å²) in [6, 6.07) is 14.6. The number of hydrogen-bond acceptors (Lipinski definition) is 0. The lowest BCUT2D eigenvalue weighted by atomic mass is 10.1. The molecule has 1 heteroatoms. The van der Waals surface area contributed by atoms with Crippen LogP contribution in [0.2, 0.25) is 5.02 Å². The molecule has 2 rings (SSSR count). The van der Waals surface area contributed by atoms with Crippen molar-refractivity contribution < 1.29 is 0 Å². The van der Waals surface area contributed by atoms with Crippen LogP contribution in [0.5, 0.6) is 0 Å². The van der Waals surface area contributed by atoms with Crippen LogP contribution in [0.4, 0.5) is 0 Å². The molecule has 2 aromatic carbocycles. The second kappa shape index (κ2) is 8.01. The molecule has 0 aliphatic rings. The van der Waals surface area contributed by atoms with Crippen LogP contribution >= 0.6 is 11.6 Å². The highest BCUT2D eigenvalue weighted by atomic mass is 35.5. The Balaban J connectivity index is 0.000000191. The van der Waals surface area contributed by atoms with E-state index in [1.54, 1.807) is 0 Å². The molecule has 0 nitrogen and oxygen atoms in total. The van der Waals surface area contributed by atoms with Gasteiger partial charge in [-0.15, -0.1) is 0 Å². The molecule has 0 saturated heterocycles. The first-order chi connectivity index (χ1) is 9.08. The summed E-state index contributed by atoms with van der Waals surface area (Å²) < 4.78 is 0. The van der Waals surface area contributed by atoms with Crippen LogP contribution < -0.4 is 0 Å². The van der Waals surface area contributed by atoms with E-state index in [4.69, 9.17) is 11.6 Å². The average molecular weight is 275 g/mol. The van der Waals surface area contributed by atoms with Crippen molar-refractivity contribution in [3.63, 3.8) is 0 Å². The van der Waals surface area contributed by atoms with E-state index in [0.717, 1.165) is 17.9 Å². The van der Waals surface area contributed by atoms with Crippen LogP contribution in [0.15, 0.2) is 42.5 Å². The molecule has 0 atom stereocenters. The van der Waals surface area contributed by atoms with Crippen molar-refractivity contribution in [3.8, 4) is 0 Å². The van der Waals surface area contributed by atoms with Crippen LogP contribution in [0.25, 0.3) is 0 Å². The van der Waals surface area contributed by atoms with Gasteiger partial charge in [-0.3, -0.25) is 0 Å². The van der Waals surface area contributed by atoms with Gasteiger partial charge in [-0.25, -0.2) is 0 Å². The van der Waals surface area contributed by atoms with E-state index in [1.807, 2.05) is 24.3 Å². The molecule has 0 heterocycles. The molecule has 0 N–H and O–H groups in total. The fourth-order valence-corrected chi connectivity index (χ4v) is 2.08. The zero-order valence-electron chi connectivity index (χ0n) is 12.3. The SMILES string of the molecule is CCc1ccc(C)c(C)c1.CCc1ccccc1Cl. The second-order valence-corrected chi connectivity index (χ2v) is 5.12. The van der Waals surface area contributed by atoms with Gasteiger partial charge in [0.25, 0.3) is 0 Å². The number of halogens is 1. The molecule has 0 unspecified atom stereocenters. The summed E-state index contributed by atoms with van der Waals surface area (Å²) in [4.78, 5) is 0. The van der Waals surface area contributed by atoms with Gasteiger partial charge in [0.2, 0.25) is 0 Å². The summed E-state index contributed by atoms with van der Waals surface area (Å²) in [5.41, 5.74) is 5.44. The minimum absolute atomic E-state index is 0.875. The first-order valence-corrected chi connectivity index (χ1v) is 7.25. The van der Waals surface area contributed by atoms with Crippen molar-refractivity contribution in [2.45, 2.75) is 40.5 Å². The Morgan fingerprint density at radius 2 is 1.53 bits per heavy atom. The van der Waals surface area contributed by atoms with Crippen LogP contribution in [0, 0.1) is 13.8 Å². The summed E-state index contributed by atoms with van der Waals surface area (Å²) in [6.07, 6.45) is 2.15. The number of hydrogen-bond donors (Lipinski definition) is 0.